The van der Waals surface area contributed by atoms with E-state index in [-0.39, 0.29) is 0 Å². The van der Waals surface area contributed by atoms with Crippen molar-refractivity contribution in [2.45, 2.75) is 53.5 Å². The fourth-order valence-electron chi connectivity index (χ4n) is 2.06. The van der Waals surface area contributed by atoms with E-state index >= 15 is 0 Å². The smallest absolute Gasteiger partial charge is 0.0194 e. The zero-order valence-electron chi connectivity index (χ0n) is 11.3. The molecule has 0 aromatic rings. The Morgan fingerprint density at radius 1 is 1.07 bits per heavy atom. The van der Waals surface area contributed by atoms with Gasteiger partial charge in [0, 0.05) is 19.1 Å². The third-order valence-electron chi connectivity index (χ3n) is 2.68. The van der Waals surface area contributed by atoms with Gasteiger partial charge >= 0.3 is 0 Å². The van der Waals surface area contributed by atoms with Gasteiger partial charge in [0.15, 0.2) is 0 Å². The minimum absolute atomic E-state index is 0.679. The van der Waals surface area contributed by atoms with Crippen LogP contribution in [-0.2, 0) is 0 Å². The van der Waals surface area contributed by atoms with Gasteiger partial charge in [-0.3, -0.25) is 0 Å². The lowest BCUT2D eigenvalue weighted by Gasteiger charge is -2.28. The van der Waals surface area contributed by atoms with Crippen LogP contribution in [-0.4, -0.2) is 37.1 Å². The fraction of sp³-hybridized carbons (Fsp3) is 1.00. The van der Waals surface area contributed by atoms with E-state index in [1.165, 1.54) is 32.5 Å². The predicted octanol–water partition coefficient (Wildman–Crippen LogP) is 2.74. The average molecular weight is 214 g/mol. The molecule has 0 aliphatic heterocycles. The van der Waals surface area contributed by atoms with Gasteiger partial charge in [-0.2, -0.15) is 0 Å². The molecule has 0 radical (unpaired) electrons. The van der Waals surface area contributed by atoms with Gasteiger partial charge in [-0.1, -0.05) is 41.0 Å². The summed E-state index contributed by atoms with van der Waals surface area (Å²) in [4.78, 5) is 2.56. The van der Waals surface area contributed by atoms with Gasteiger partial charge in [0.2, 0.25) is 0 Å². The fourth-order valence-corrected chi connectivity index (χ4v) is 2.06. The Bertz CT molecular complexity index is 128. The first-order valence-corrected chi connectivity index (χ1v) is 6.59. The molecule has 0 aliphatic carbocycles. The molecule has 0 amide bonds. The maximum atomic E-state index is 3.58. The minimum Gasteiger partial charge on any atom is -0.313 e. The van der Waals surface area contributed by atoms with Crippen LogP contribution in [0.1, 0.15) is 47.5 Å². The van der Waals surface area contributed by atoms with Crippen molar-refractivity contribution in [2.24, 2.45) is 5.92 Å². The first-order chi connectivity index (χ1) is 7.13. The first kappa shape index (κ1) is 14.9. The molecule has 0 spiro atoms. The minimum atomic E-state index is 0.679. The topological polar surface area (TPSA) is 15.3 Å². The molecule has 0 rings (SSSR count). The van der Waals surface area contributed by atoms with Gasteiger partial charge in [-0.25, -0.2) is 0 Å². The van der Waals surface area contributed by atoms with Gasteiger partial charge in [-0.05, 0) is 25.4 Å². The summed E-state index contributed by atoms with van der Waals surface area (Å²) in [6.07, 6.45) is 2.57. The highest BCUT2D eigenvalue weighted by Gasteiger charge is 2.12. The number of nitrogens with zero attached hydrogens (tertiary/aromatic N) is 1. The molecule has 1 N–H and O–H groups in total. The number of nitrogens with one attached hydrogen (secondary N) is 1. The lowest BCUT2D eigenvalue weighted by molar-refractivity contribution is 0.224. The van der Waals surface area contributed by atoms with Crippen molar-refractivity contribution >= 4 is 0 Å². The molecule has 0 aromatic heterocycles. The van der Waals surface area contributed by atoms with Crippen molar-refractivity contribution in [1.29, 1.82) is 0 Å². The highest BCUT2D eigenvalue weighted by molar-refractivity contribution is 4.71. The molecule has 0 bridgehead atoms. The normalized spacial score (nSPS) is 13.8. The number of likely N-dealkylation sites (N-methyl/N-ethyl adjacent to an activating group) is 2. The third-order valence-corrected chi connectivity index (χ3v) is 2.68. The summed E-state index contributed by atoms with van der Waals surface area (Å²) in [6.45, 7) is 16.0. The van der Waals surface area contributed by atoms with E-state index < -0.39 is 0 Å². The summed E-state index contributed by atoms with van der Waals surface area (Å²) >= 11 is 0. The molecule has 92 valence electrons. The monoisotopic (exact) mass is 214 g/mol. The molecule has 1 atom stereocenters. The van der Waals surface area contributed by atoms with Crippen LogP contribution in [0.15, 0.2) is 0 Å². The van der Waals surface area contributed by atoms with Gasteiger partial charge in [-0.15, -0.1) is 0 Å². The number of rotatable bonds is 9. The van der Waals surface area contributed by atoms with Crippen molar-refractivity contribution in [2.75, 3.05) is 26.2 Å². The molecule has 2 heteroatoms. The lowest BCUT2D eigenvalue weighted by atomic mass is 10.1. The Labute approximate surface area is 96.4 Å². The maximum absolute atomic E-state index is 3.58. The van der Waals surface area contributed by atoms with Crippen LogP contribution < -0.4 is 5.32 Å². The van der Waals surface area contributed by atoms with E-state index in [1.54, 1.807) is 0 Å². The van der Waals surface area contributed by atoms with Crippen molar-refractivity contribution in [3.8, 4) is 0 Å². The first-order valence-electron chi connectivity index (χ1n) is 6.59. The SMILES string of the molecule is CCCC(CN(CC)CC(C)C)NCC. The van der Waals surface area contributed by atoms with E-state index in [2.05, 4.69) is 44.8 Å². The second-order valence-corrected chi connectivity index (χ2v) is 4.79. The largest absolute Gasteiger partial charge is 0.313 e. The van der Waals surface area contributed by atoms with E-state index in [1.807, 2.05) is 0 Å². The summed E-state index contributed by atoms with van der Waals surface area (Å²) < 4.78 is 0. The molecule has 0 fully saturated rings. The quantitative estimate of drug-likeness (QED) is 0.635. The Kier molecular flexibility index (Phi) is 9.12. The highest BCUT2D eigenvalue weighted by Crippen LogP contribution is 2.03. The van der Waals surface area contributed by atoms with E-state index in [4.69, 9.17) is 0 Å². The Balaban J connectivity index is 3.96. The van der Waals surface area contributed by atoms with Crippen LogP contribution in [0.3, 0.4) is 0 Å². The number of hydrogen-bond donors (Lipinski definition) is 1. The molecule has 0 aromatic carbocycles. The van der Waals surface area contributed by atoms with Crippen molar-refractivity contribution in [3.05, 3.63) is 0 Å². The molecule has 0 saturated heterocycles. The Morgan fingerprint density at radius 3 is 2.13 bits per heavy atom. The number of hydrogen-bond acceptors (Lipinski definition) is 2. The van der Waals surface area contributed by atoms with Gasteiger partial charge in [0.05, 0.1) is 0 Å². The van der Waals surface area contributed by atoms with Crippen molar-refractivity contribution in [1.82, 2.24) is 10.2 Å². The summed E-state index contributed by atoms with van der Waals surface area (Å²) in [7, 11) is 0. The van der Waals surface area contributed by atoms with Crippen molar-refractivity contribution < 1.29 is 0 Å². The van der Waals surface area contributed by atoms with Crippen LogP contribution in [0.2, 0.25) is 0 Å². The van der Waals surface area contributed by atoms with Crippen LogP contribution in [0.25, 0.3) is 0 Å². The van der Waals surface area contributed by atoms with Crippen LogP contribution >= 0.6 is 0 Å². The molecule has 1 unspecified atom stereocenters. The van der Waals surface area contributed by atoms with Crippen LogP contribution in [0.4, 0.5) is 0 Å². The highest BCUT2D eigenvalue weighted by atomic mass is 15.1. The molecule has 2 nitrogen and oxygen atoms in total. The standard InChI is InChI=1S/C13H30N2/c1-6-9-13(14-7-2)11-15(8-3)10-12(4)5/h12-14H,6-11H2,1-5H3. The second-order valence-electron chi connectivity index (χ2n) is 4.79. The molecular weight excluding hydrogens is 184 g/mol. The van der Waals surface area contributed by atoms with Gasteiger partial charge in [0.1, 0.15) is 0 Å². The summed E-state index contributed by atoms with van der Waals surface area (Å²) in [6, 6.07) is 0.679. The van der Waals surface area contributed by atoms with E-state index in [0.717, 1.165) is 12.5 Å². The summed E-state index contributed by atoms with van der Waals surface area (Å²) in [5.74, 6) is 0.772. The zero-order valence-corrected chi connectivity index (χ0v) is 11.3. The molecular formula is C13H30N2. The molecule has 0 aliphatic rings. The zero-order chi connectivity index (χ0) is 11.7. The molecule has 0 saturated carbocycles. The maximum Gasteiger partial charge on any atom is 0.0194 e. The molecule has 15 heavy (non-hydrogen) atoms. The van der Waals surface area contributed by atoms with Crippen LogP contribution in [0, 0.1) is 5.92 Å². The molecule has 0 heterocycles. The third kappa shape index (κ3) is 7.80. The summed E-state index contributed by atoms with van der Waals surface area (Å²) in [5, 5.41) is 3.58. The lowest BCUT2D eigenvalue weighted by Crippen LogP contribution is -2.42. The second kappa shape index (κ2) is 9.17. The average Bonchev–Trinajstić information content (AvgIpc) is 2.16. The van der Waals surface area contributed by atoms with Crippen LogP contribution in [0.5, 0.6) is 0 Å². The van der Waals surface area contributed by atoms with Gasteiger partial charge in [0.25, 0.3) is 0 Å². The van der Waals surface area contributed by atoms with E-state index in [9.17, 15) is 0 Å². The Hall–Kier alpha value is -0.0800. The van der Waals surface area contributed by atoms with E-state index in [0.29, 0.717) is 6.04 Å². The summed E-state index contributed by atoms with van der Waals surface area (Å²) in [5.41, 5.74) is 0. The van der Waals surface area contributed by atoms with Crippen molar-refractivity contribution in [3.63, 3.8) is 0 Å². The van der Waals surface area contributed by atoms with Gasteiger partial charge < -0.3 is 10.2 Å². The predicted molar refractivity (Wildman–Crippen MR) is 69.3 cm³/mol. The Morgan fingerprint density at radius 2 is 1.73 bits per heavy atom.